The van der Waals surface area contributed by atoms with Gasteiger partial charge in [-0.05, 0) is 22.4 Å². The molecule has 0 bridgehead atoms. The molecule has 0 saturated carbocycles. The summed E-state index contributed by atoms with van der Waals surface area (Å²) in [5.74, 6) is -2.01. The number of nitrogens with one attached hydrogen (secondary N) is 1. The third-order valence-corrected chi connectivity index (χ3v) is 3.18. The van der Waals surface area contributed by atoms with Gasteiger partial charge in [0.2, 0.25) is 0 Å². The maximum atomic E-state index is 12.1. The maximum absolute atomic E-state index is 12.1. The first kappa shape index (κ1) is 16.1. The van der Waals surface area contributed by atoms with Gasteiger partial charge in [-0.1, -0.05) is 0 Å². The Morgan fingerprint density at radius 3 is 2.70 bits per heavy atom. The SMILES string of the molecule is Cc1cc([N+](=O)[O-])ncc1C(=O)NCc1cnn(C)c1C(=O)O. The lowest BCUT2D eigenvalue weighted by Crippen LogP contribution is -2.25. The van der Waals surface area contributed by atoms with Gasteiger partial charge in [-0.3, -0.25) is 9.48 Å². The topological polar surface area (TPSA) is 140 Å². The average Bonchev–Trinajstić information content (AvgIpc) is 2.85. The van der Waals surface area contributed by atoms with E-state index in [1.165, 1.54) is 24.0 Å². The molecular formula is C13H13N5O5. The number of aromatic nitrogens is 3. The highest BCUT2D eigenvalue weighted by atomic mass is 16.6. The number of carboxylic acid groups (broad SMARTS) is 1. The molecule has 0 atom stereocenters. The van der Waals surface area contributed by atoms with E-state index in [0.29, 0.717) is 11.1 Å². The highest BCUT2D eigenvalue weighted by Crippen LogP contribution is 2.14. The van der Waals surface area contributed by atoms with Crippen molar-refractivity contribution in [3.63, 3.8) is 0 Å². The van der Waals surface area contributed by atoms with Crippen molar-refractivity contribution < 1.29 is 19.6 Å². The zero-order valence-electron chi connectivity index (χ0n) is 12.3. The molecule has 0 aliphatic rings. The van der Waals surface area contributed by atoms with E-state index in [9.17, 15) is 19.7 Å². The lowest BCUT2D eigenvalue weighted by Gasteiger charge is -2.06. The largest absolute Gasteiger partial charge is 0.477 e. The summed E-state index contributed by atoms with van der Waals surface area (Å²) in [6, 6.07) is 1.20. The summed E-state index contributed by atoms with van der Waals surface area (Å²) in [7, 11) is 1.49. The molecule has 2 aromatic rings. The summed E-state index contributed by atoms with van der Waals surface area (Å²) >= 11 is 0. The standard InChI is InChI=1S/C13H13N5O5/c1-7-3-10(18(22)23)14-6-9(7)12(19)15-4-8-5-16-17(2)11(8)13(20)21/h3,5-6H,4H2,1-2H3,(H,15,19)(H,20,21). The number of nitro groups is 1. The molecule has 0 unspecified atom stereocenters. The molecule has 0 aromatic carbocycles. The van der Waals surface area contributed by atoms with Crippen LogP contribution in [0.1, 0.15) is 32.0 Å². The van der Waals surface area contributed by atoms with Crippen molar-refractivity contribution in [1.29, 1.82) is 0 Å². The van der Waals surface area contributed by atoms with E-state index in [2.05, 4.69) is 15.4 Å². The summed E-state index contributed by atoms with van der Waals surface area (Å²) in [6.07, 6.45) is 2.47. The van der Waals surface area contributed by atoms with Gasteiger partial charge in [-0.25, -0.2) is 4.79 Å². The molecule has 0 spiro atoms. The number of carbonyl (C=O) groups excluding carboxylic acids is 1. The summed E-state index contributed by atoms with van der Waals surface area (Å²) in [4.78, 5) is 36.8. The molecule has 2 aromatic heterocycles. The van der Waals surface area contributed by atoms with E-state index in [-0.39, 0.29) is 23.6 Å². The molecule has 0 radical (unpaired) electrons. The number of carbonyl (C=O) groups is 2. The van der Waals surface area contributed by atoms with Crippen molar-refractivity contribution >= 4 is 17.7 Å². The van der Waals surface area contributed by atoms with E-state index in [1.54, 1.807) is 6.92 Å². The van der Waals surface area contributed by atoms with E-state index >= 15 is 0 Å². The van der Waals surface area contributed by atoms with Crippen molar-refractivity contribution in [3.8, 4) is 0 Å². The first-order valence-electron chi connectivity index (χ1n) is 6.44. The normalized spacial score (nSPS) is 10.3. The molecule has 120 valence electrons. The number of pyridine rings is 1. The van der Waals surface area contributed by atoms with Crippen LogP contribution < -0.4 is 5.32 Å². The van der Waals surface area contributed by atoms with Crippen LogP contribution in [-0.2, 0) is 13.6 Å². The monoisotopic (exact) mass is 319 g/mol. The number of rotatable bonds is 5. The fourth-order valence-corrected chi connectivity index (χ4v) is 2.04. The fraction of sp³-hybridized carbons (Fsp3) is 0.231. The van der Waals surface area contributed by atoms with Crippen LogP contribution in [0.5, 0.6) is 0 Å². The Kier molecular flexibility index (Phi) is 4.35. The lowest BCUT2D eigenvalue weighted by molar-refractivity contribution is -0.389. The first-order chi connectivity index (χ1) is 10.8. The summed E-state index contributed by atoms with van der Waals surface area (Å²) < 4.78 is 1.20. The first-order valence-corrected chi connectivity index (χ1v) is 6.44. The third kappa shape index (κ3) is 3.31. The zero-order valence-corrected chi connectivity index (χ0v) is 12.3. The number of carboxylic acids is 1. The van der Waals surface area contributed by atoms with Gasteiger partial charge in [0.05, 0.1) is 11.8 Å². The Labute approximate surface area is 129 Å². The molecule has 2 rings (SSSR count). The number of hydrogen-bond acceptors (Lipinski definition) is 6. The zero-order chi connectivity index (χ0) is 17.1. The van der Waals surface area contributed by atoms with Gasteiger partial charge in [-0.2, -0.15) is 5.10 Å². The van der Waals surface area contributed by atoms with Crippen LogP contribution in [0.2, 0.25) is 0 Å². The van der Waals surface area contributed by atoms with Gasteiger partial charge in [0.25, 0.3) is 5.91 Å². The Bertz CT molecular complexity index is 798. The minimum Gasteiger partial charge on any atom is -0.477 e. The molecule has 0 aliphatic carbocycles. The molecule has 23 heavy (non-hydrogen) atoms. The number of aromatic carboxylic acids is 1. The Hall–Kier alpha value is -3.30. The van der Waals surface area contributed by atoms with Gasteiger partial charge in [0.1, 0.15) is 0 Å². The number of aryl methyl sites for hydroxylation is 2. The predicted molar refractivity (Wildman–Crippen MR) is 77.0 cm³/mol. The van der Waals surface area contributed by atoms with Gasteiger partial charge >= 0.3 is 11.8 Å². The third-order valence-electron chi connectivity index (χ3n) is 3.18. The summed E-state index contributed by atoms with van der Waals surface area (Å²) in [6.45, 7) is 1.51. The van der Waals surface area contributed by atoms with Crippen molar-refractivity contribution in [2.24, 2.45) is 7.05 Å². The van der Waals surface area contributed by atoms with Gasteiger partial charge in [-0.15, -0.1) is 0 Å². The van der Waals surface area contributed by atoms with Crippen molar-refractivity contribution in [1.82, 2.24) is 20.1 Å². The van der Waals surface area contributed by atoms with Crippen molar-refractivity contribution in [2.75, 3.05) is 0 Å². The number of hydrogen-bond donors (Lipinski definition) is 2. The molecular weight excluding hydrogens is 306 g/mol. The fourth-order valence-electron chi connectivity index (χ4n) is 2.04. The molecule has 0 fully saturated rings. The number of nitrogens with zero attached hydrogens (tertiary/aromatic N) is 4. The van der Waals surface area contributed by atoms with E-state index in [0.717, 1.165) is 6.20 Å². The second-order valence-electron chi connectivity index (χ2n) is 4.74. The van der Waals surface area contributed by atoms with Gasteiger partial charge < -0.3 is 20.5 Å². The van der Waals surface area contributed by atoms with E-state index < -0.39 is 16.8 Å². The Morgan fingerprint density at radius 2 is 2.13 bits per heavy atom. The second-order valence-corrected chi connectivity index (χ2v) is 4.74. The van der Waals surface area contributed by atoms with Crippen LogP contribution in [0, 0.1) is 17.0 Å². The van der Waals surface area contributed by atoms with Crippen molar-refractivity contribution in [3.05, 3.63) is 51.0 Å². The Balaban J connectivity index is 2.14. The van der Waals surface area contributed by atoms with Crippen LogP contribution >= 0.6 is 0 Å². The summed E-state index contributed by atoms with van der Waals surface area (Å²) in [5.41, 5.74) is 0.898. The number of amides is 1. The van der Waals surface area contributed by atoms with Gasteiger partial charge in [0, 0.05) is 25.2 Å². The average molecular weight is 319 g/mol. The smallest absolute Gasteiger partial charge is 0.363 e. The molecule has 2 N–H and O–H groups in total. The molecule has 0 saturated heterocycles. The lowest BCUT2D eigenvalue weighted by atomic mass is 10.1. The quantitative estimate of drug-likeness (QED) is 0.609. The predicted octanol–water partition coefficient (Wildman–Crippen LogP) is 0.660. The second kappa shape index (κ2) is 6.22. The van der Waals surface area contributed by atoms with Crippen LogP contribution in [-0.4, -0.2) is 36.7 Å². The molecule has 1 amide bonds. The van der Waals surface area contributed by atoms with Crippen LogP contribution in [0.15, 0.2) is 18.5 Å². The highest BCUT2D eigenvalue weighted by molar-refractivity contribution is 5.95. The molecule has 10 nitrogen and oxygen atoms in total. The van der Waals surface area contributed by atoms with Gasteiger partial charge in [0.15, 0.2) is 11.9 Å². The molecule has 10 heteroatoms. The maximum Gasteiger partial charge on any atom is 0.363 e. The summed E-state index contributed by atoms with van der Waals surface area (Å²) in [5, 5.41) is 26.1. The Morgan fingerprint density at radius 1 is 1.43 bits per heavy atom. The van der Waals surface area contributed by atoms with Crippen LogP contribution in [0.25, 0.3) is 0 Å². The molecule has 0 aliphatic heterocycles. The molecule has 2 heterocycles. The van der Waals surface area contributed by atoms with Crippen LogP contribution in [0.3, 0.4) is 0 Å². The minimum absolute atomic E-state index is 0.0242. The van der Waals surface area contributed by atoms with Crippen LogP contribution in [0.4, 0.5) is 5.82 Å². The highest BCUT2D eigenvalue weighted by Gasteiger charge is 2.19. The van der Waals surface area contributed by atoms with Crippen molar-refractivity contribution in [2.45, 2.75) is 13.5 Å². The van der Waals surface area contributed by atoms with E-state index in [1.807, 2.05) is 0 Å². The van der Waals surface area contributed by atoms with E-state index in [4.69, 9.17) is 5.11 Å². The minimum atomic E-state index is -1.15.